The Morgan fingerprint density at radius 1 is 1.38 bits per heavy atom. The number of aryl methyl sites for hydroxylation is 1. The lowest BCUT2D eigenvalue weighted by atomic mass is 10.2. The minimum atomic E-state index is 0. The van der Waals surface area contributed by atoms with Crippen LogP contribution < -0.4 is 10.6 Å². The monoisotopic (exact) mass is 460 g/mol. The predicted octanol–water partition coefficient (Wildman–Crippen LogP) is 2.82. The minimum Gasteiger partial charge on any atom is -0.353 e. The van der Waals surface area contributed by atoms with Gasteiger partial charge in [-0.15, -0.1) is 40.8 Å². The average Bonchev–Trinajstić information content (AvgIpc) is 2.86. The van der Waals surface area contributed by atoms with Crippen LogP contribution in [0.4, 0.5) is 0 Å². The van der Waals surface area contributed by atoms with Crippen molar-refractivity contribution in [3.05, 3.63) is 59.2 Å². The second-order valence-corrected chi connectivity index (χ2v) is 5.48. The zero-order valence-corrected chi connectivity index (χ0v) is 16.9. The Kier molecular flexibility index (Phi) is 8.77. The number of hydrogen-bond acceptors (Lipinski definition) is 3. The molecule has 0 amide bonds. The van der Waals surface area contributed by atoms with Crippen LogP contribution >= 0.6 is 35.6 Å². The van der Waals surface area contributed by atoms with E-state index in [2.05, 4.69) is 32.4 Å². The molecule has 1 aromatic carbocycles. The maximum atomic E-state index is 5.99. The Labute approximate surface area is 164 Å². The Morgan fingerprint density at radius 2 is 2.17 bits per heavy atom. The molecule has 0 radical (unpaired) electrons. The summed E-state index contributed by atoms with van der Waals surface area (Å²) in [7, 11) is 1.94. The molecule has 0 unspecified atom stereocenters. The molecule has 0 aliphatic heterocycles. The van der Waals surface area contributed by atoms with Gasteiger partial charge in [-0.3, -0.25) is 0 Å². The summed E-state index contributed by atoms with van der Waals surface area (Å²) in [4.78, 5) is 4.55. The molecule has 130 valence electrons. The van der Waals surface area contributed by atoms with E-state index in [0.29, 0.717) is 30.6 Å². The number of aromatic nitrogens is 3. The standard InChI is InChI=1S/C16H21ClN6.HI/c1-4-8-18-16(19-10-13-6-5-7-14(17)9-13)20-11-15-22-21-12(2)23(15)3;/h4-7,9H,1,8,10-11H2,2-3H3,(H2,18,19,20);1H. The van der Waals surface area contributed by atoms with Gasteiger partial charge in [0.2, 0.25) is 0 Å². The van der Waals surface area contributed by atoms with E-state index >= 15 is 0 Å². The van der Waals surface area contributed by atoms with Gasteiger partial charge >= 0.3 is 0 Å². The second kappa shape index (κ2) is 10.3. The molecule has 6 nitrogen and oxygen atoms in total. The highest BCUT2D eigenvalue weighted by Gasteiger charge is 2.06. The van der Waals surface area contributed by atoms with E-state index in [4.69, 9.17) is 11.6 Å². The first-order valence-corrected chi connectivity index (χ1v) is 7.70. The first kappa shape index (κ1) is 20.4. The van der Waals surface area contributed by atoms with Crippen LogP contribution in [0, 0.1) is 6.92 Å². The molecule has 8 heteroatoms. The number of hydrogen-bond donors (Lipinski definition) is 2. The van der Waals surface area contributed by atoms with Crippen molar-refractivity contribution < 1.29 is 0 Å². The lowest BCUT2D eigenvalue weighted by molar-refractivity contribution is 0.721. The summed E-state index contributed by atoms with van der Waals surface area (Å²) in [6.45, 7) is 7.32. The van der Waals surface area contributed by atoms with E-state index < -0.39 is 0 Å². The van der Waals surface area contributed by atoms with Gasteiger partial charge in [-0.25, -0.2) is 4.99 Å². The molecular formula is C16H22ClIN6. The molecule has 2 N–H and O–H groups in total. The van der Waals surface area contributed by atoms with Crippen molar-refractivity contribution in [3.8, 4) is 0 Å². The molecule has 0 saturated heterocycles. The highest BCUT2D eigenvalue weighted by molar-refractivity contribution is 14.0. The zero-order chi connectivity index (χ0) is 16.7. The first-order valence-electron chi connectivity index (χ1n) is 7.32. The summed E-state index contributed by atoms with van der Waals surface area (Å²) in [6.07, 6.45) is 1.78. The van der Waals surface area contributed by atoms with Gasteiger partial charge in [0.15, 0.2) is 11.8 Å². The van der Waals surface area contributed by atoms with Crippen LogP contribution in [0.1, 0.15) is 17.2 Å². The molecule has 0 atom stereocenters. The smallest absolute Gasteiger partial charge is 0.192 e. The SMILES string of the molecule is C=CCNC(=NCc1cccc(Cl)c1)NCc1nnc(C)n1C.I. The molecule has 0 fully saturated rings. The third-order valence-electron chi connectivity index (χ3n) is 3.32. The molecule has 0 aliphatic rings. The van der Waals surface area contributed by atoms with Crippen molar-refractivity contribution >= 4 is 41.5 Å². The number of benzene rings is 1. The third-order valence-corrected chi connectivity index (χ3v) is 3.55. The molecule has 2 rings (SSSR count). The Morgan fingerprint density at radius 3 is 2.79 bits per heavy atom. The summed E-state index contributed by atoms with van der Waals surface area (Å²) >= 11 is 5.99. The molecule has 0 saturated carbocycles. The van der Waals surface area contributed by atoms with Crippen molar-refractivity contribution in [2.45, 2.75) is 20.0 Å². The van der Waals surface area contributed by atoms with Crippen LogP contribution in [-0.2, 0) is 20.1 Å². The van der Waals surface area contributed by atoms with Crippen LogP contribution in [0.25, 0.3) is 0 Å². The molecule has 24 heavy (non-hydrogen) atoms. The molecular weight excluding hydrogens is 439 g/mol. The van der Waals surface area contributed by atoms with Crippen molar-refractivity contribution in [2.24, 2.45) is 12.0 Å². The average molecular weight is 461 g/mol. The minimum absolute atomic E-state index is 0. The van der Waals surface area contributed by atoms with Crippen molar-refractivity contribution in [3.63, 3.8) is 0 Å². The molecule has 2 aromatic rings. The summed E-state index contributed by atoms with van der Waals surface area (Å²) in [6, 6.07) is 7.66. The fourth-order valence-electron chi connectivity index (χ4n) is 1.92. The second-order valence-electron chi connectivity index (χ2n) is 5.04. The number of rotatable bonds is 6. The number of nitrogens with one attached hydrogen (secondary N) is 2. The van der Waals surface area contributed by atoms with Gasteiger partial charge in [0.1, 0.15) is 5.82 Å². The summed E-state index contributed by atoms with van der Waals surface area (Å²) in [5, 5.41) is 15.3. The van der Waals surface area contributed by atoms with Crippen LogP contribution in [0.5, 0.6) is 0 Å². The summed E-state index contributed by atoms with van der Waals surface area (Å²) in [5.41, 5.74) is 1.05. The number of aliphatic imine (C=N–C) groups is 1. The van der Waals surface area contributed by atoms with Crippen LogP contribution in [0.3, 0.4) is 0 Å². The lowest BCUT2D eigenvalue weighted by Gasteiger charge is -2.11. The van der Waals surface area contributed by atoms with Gasteiger partial charge < -0.3 is 15.2 Å². The van der Waals surface area contributed by atoms with Gasteiger partial charge in [-0.1, -0.05) is 29.8 Å². The van der Waals surface area contributed by atoms with Gasteiger partial charge in [0.25, 0.3) is 0 Å². The predicted molar refractivity (Wildman–Crippen MR) is 109 cm³/mol. The summed E-state index contributed by atoms with van der Waals surface area (Å²) in [5.74, 6) is 2.40. The van der Waals surface area contributed by atoms with Gasteiger partial charge in [0.05, 0.1) is 13.1 Å². The van der Waals surface area contributed by atoms with Crippen LogP contribution in [0.2, 0.25) is 5.02 Å². The number of nitrogens with zero attached hydrogens (tertiary/aromatic N) is 4. The third kappa shape index (κ3) is 6.12. The Bertz CT molecular complexity index is 698. The van der Waals surface area contributed by atoms with Crippen LogP contribution in [0.15, 0.2) is 41.9 Å². The Balaban J connectivity index is 0.00000288. The van der Waals surface area contributed by atoms with Gasteiger partial charge in [-0.05, 0) is 24.6 Å². The maximum Gasteiger partial charge on any atom is 0.192 e. The van der Waals surface area contributed by atoms with Crippen molar-refractivity contribution in [1.29, 1.82) is 0 Å². The van der Waals surface area contributed by atoms with Crippen molar-refractivity contribution in [2.75, 3.05) is 6.54 Å². The normalized spacial score (nSPS) is 10.9. The zero-order valence-electron chi connectivity index (χ0n) is 13.8. The molecule has 0 bridgehead atoms. The van der Waals surface area contributed by atoms with Crippen LogP contribution in [-0.4, -0.2) is 27.3 Å². The largest absolute Gasteiger partial charge is 0.353 e. The number of guanidine groups is 1. The Hall–Kier alpha value is -1.61. The lowest BCUT2D eigenvalue weighted by Crippen LogP contribution is -2.37. The van der Waals surface area contributed by atoms with E-state index in [0.717, 1.165) is 17.2 Å². The fraction of sp³-hybridized carbons (Fsp3) is 0.312. The first-order chi connectivity index (χ1) is 11.1. The van der Waals surface area contributed by atoms with E-state index in [1.807, 2.05) is 42.8 Å². The van der Waals surface area contributed by atoms with E-state index in [-0.39, 0.29) is 24.0 Å². The van der Waals surface area contributed by atoms with Gasteiger partial charge in [-0.2, -0.15) is 0 Å². The number of halogens is 2. The topological polar surface area (TPSA) is 67.1 Å². The highest BCUT2D eigenvalue weighted by atomic mass is 127. The molecule has 1 aromatic heterocycles. The van der Waals surface area contributed by atoms with Crippen molar-refractivity contribution in [1.82, 2.24) is 25.4 Å². The van der Waals surface area contributed by atoms with E-state index in [1.165, 1.54) is 0 Å². The maximum absolute atomic E-state index is 5.99. The van der Waals surface area contributed by atoms with E-state index in [1.54, 1.807) is 6.08 Å². The summed E-state index contributed by atoms with van der Waals surface area (Å²) < 4.78 is 1.94. The molecule has 1 heterocycles. The molecule has 0 spiro atoms. The molecule has 0 aliphatic carbocycles. The quantitative estimate of drug-likeness (QED) is 0.301. The highest BCUT2D eigenvalue weighted by Crippen LogP contribution is 2.11. The van der Waals surface area contributed by atoms with Gasteiger partial charge in [0, 0.05) is 18.6 Å². The van der Waals surface area contributed by atoms with E-state index in [9.17, 15) is 0 Å². The fourth-order valence-corrected chi connectivity index (χ4v) is 2.13.